The molecule has 0 radical (unpaired) electrons. The zero-order chi connectivity index (χ0) is 24.6. The lowest BCUT2D eigenvalue weighted by atomic mass is 9.95. The highest BCUT2D eigenvalue weighted by Crippen LogP contribution is 2.37. The standard InChI is InChI=1S/C26H29ClN4O3/c1-26(2,3)29-23(32)19(14-16-8-6-5-7-9-16)31-15-20-21(24(31)33)22(28-25(34)30(20)4)17-10-12-18(27)13-11-17/h5-13,19,22H,14-15H2,1-4H3,(H,28,34)(H,29,32)/t19-,22-/m1/s1. The molecular formula is C26H29ClN4O3. The maximum Gasteiger partial charge on any atom is 0.322 e. The lowest BCUT2D eigenvalue weighted by Gasteiger charge is -2.31. The Hall–Kier alpha value is -3.32. The van der Waals surface area contributed by atoms with Crippen LogP contribution in [0.3, 0.4) is 0 Å². The minimum absolute atomic E-state index is 0.178. The number of halogens is 1. The first-order valence-corrected chi connectivity index (χ1v) is 11.6. The Morgan fingerprint density at radius 2 is 1.76 bits per heavy atom. The third kappa shape index (κ3) is 4.80. The summed E-state index contributed by atoms with van der Waals surface area (Å²) in [6.45, 7) is 5.91. The Kier molecular flexibility index (Phi) is 6.41. The Balaban J connectivity index is 1.70. The van der Waals surface area contributed by atoms with Crippen LogP contribution < -0.4 is 10.6 Å². The largest absolute Gasteiger partial charge is 0.350 e. The zero-order valence-corrected chi connectivity index (χ0v) is 20.5. The molecule has 2 aromatic rings. The summed E-state index contributed by atoms with van der Waals surface area (Å²) in [7, 11) is 1.64. The van der Waals surface area contributed by atoms with E-state index in [2.05, 4.69) is 10.6 Å². The summed E-state index contributed by atoms with van der Waals surface area (Å²) < 4.78 is 0. The molecule has 4 amide bonds. The van der Waals surface area contributed by atoms with Crippen LogP contribution in [0.4, 0.5) is 4.79 Å². The molecule has 0 spiro atoms. The van der Waals surface area contributed by atoms with Crippen LogP contribution in [0.1, 0.15) is 37.9 Å². The molecule has 4 rings (SSSR count). The molecule has 2 aliphatic heterocycles. The number of carbonyl (C=O) groups excluding carboxylic acids is 3. The normalized spacial score (nSPS) is 19.1. The average molecular weight is 481 g/mol. The molecule has 0 saturated carbocycles. The third-order valence-corrected chi connectivity index (χ3v) is 6.29. The number of urea groups is 1. The van der Waals surface area contributed by atoms with Crippen LogP contribution in [-0.2, 0) is 16.0 Å². The number of likely N-dealkylation sites (N-methyl/N-ethyl adjacent to an activating group) is 1. The van der Waals surface area contributed by atoms with Crippen LogP contribution in [0.5, 0.6) is 0 Å². The van der Waals surface area contributed by atoms with Crippen molar-refractivity contribution in [3.05, 3.63) is 82.0 Å². The van der Waals surface area contributed by atoms with Gasteiger partial charge >= 0.3 is 6.03 Å². The van der Waals surface area contributed by atoms with Gasteiger partial charge in [-0.3, -0.25) is 14.5 Å². The van der Waals surface area contributed by atoms with Crippen molar-refractivity contribution < 1.29 is 14.4 Å². The first-order valence-electron chi connectivity index (χ1n) is 11.2. The van der Waals surface area contributed by atoms with E-state index < -0.39 is 17.6 Å². The maximum atomic E-state index is 13.8. The van der Waals surface area contributed by atoms with E-state index >= 15 is 0 Å². The summed E-state index contributed by atoms with van der Waals surface area (Å²) in [5.41, 5.74) is 2.34. The molecule has 0 aromatic heterocycles. The summed E-state index contributed by atoms with van der Waals surface area (Å²) in [5, 5.41) is 6.51. The number of nitrogens with zero attached hydrogens (tertiary/aromatic N) is 2. The summed E-state index contributed by atoms with van der Waals surface area (Å²) in [6, 6.07) is 15.0. The van der Waals surface area contributed by atoms with Crippen molar-refractivity contribution in [2.75, 3.05) is 13.6 Å². The third-order valence-electron chi connectivity index (χ3n) is 6.04. The molecule has 0 saturated heterocycles. The van der Waals surface area contributed by atoms with Gasteiger partial charge in [-0.25, -0.2) is 4.79 Å². The van der Waals surface area contributed by atoms with Gasteiger partial charge in [0.2, 0.25) is 5.91 Å². The van der Waals surface area contributed by atoms with Gasteiger partial charge in [0.1, 0.15) is 6.04 Å². The van der Waals surface area contributed by atoms with Crippen molar-refractivity contribution in [3.63, 3.8) is 0 Å². The number of benzene rings is 2. The quantitative estimate of drug-likeness (QED) is 0.685. The molecule has 2 atom stereocenters. The fourth-order valence-electron chi connectivity index (χ4n) is 4.38. The SMILES string of the molecule is CN1C(=O)N[C@H](c2ccc(Cl)cc2)C2=C1CN([C@H](Cc1ccccc1)C(=O)NC(C)(C)C)C2=O. The van der Waals surface area contributed by atoms with E-state index in [0.717, 1.165) is 11.1 Å². The monoisotopic (exact) mass is 480 g/mol. The van der Waals surface area contributed by atoms with Crippen molar-refractivity contribution in [2.45, 2.75) is 44.8 Å². The van der Waals surface area contributed by atoms with Gasteiger partial charge in [-0.05, 0) is 44.0 Å². The molecule has 2 heterocycles. The molecule has 2 aliphatic rings. The first kappa shape index (κ1) is 23.8. The van der Waals surface area contributed by atoms with Gasteiger partial charge in [-0.2, -0.15) is 0 Å². The summed E-state index contributed by atoms with van der Waals surface area (Å²) >= 11 is 6.04. The first-order chi connectivity index (χ1) is 16.0. The van der Waals surface area contributed by atoms with Crippen LogP contribution >= 0.6 is 11.6 Å². The van der Waals surface area contributed by atoms with Crippen LogP contribution in [0.25, 0.3) is 0 Å². The molecule has 0 bridgehead atoms. The van der Waals surface area contributed by atoms with E-state index in [1.54, 1.807) is 36.2 Å². The van der Waals surface area contributed by atoms with E-state index in [4.69, 9.17) is 11.6 Å². The summed E-state index contributed by atoms with van der Waals surface area (Å²) in [4.78, 5) is 43.0. The van der Waals surface area contributed by atoms with Crippen LogP contribution in [0.2, 0.25) is 5.02 Å². The Morgan fingerprint density at radius 3 is 2.38 bits per heavy atom. The number of hydrogen-bond acceptors (Lipinski definition) is 3. The second-order valence-corrected chi connectivity index (χ2v) is 10.2. The molecule has 2 aromatic carbocycles. The number of rotatable bonds is 5. The zero-order valence-electron chi connectivity index (χ0n) is 19.8. The molecule has 34 heavy (non-hydrogen) atoms. The van der Waals surface area contributed by atoms with Gasteiger partial charge in [0.25, 0.3) is 5.91 Å². The fraction of sp³-hybridized carbons (Fsp3) is 0.346. The van der Waals surface area contributed by atoms with Crippen LogP contribution in [0, 0.1) is 0 Å². The lowest BCUT2D eigenvalue weighted by molar-refractivity contribution is -0.137. The highest BCUT2D eigenvalue weighted by molar-refractivity contribution is 6.30. The van der Waals surface area contributed by atoms with Gasteiger partial charge in [-0.15, -0.1) is 0 Å². The van der Waals surface area contributed by atoms with Gasteiger partial charge in [0.15, 0.2) is 0 Å². The number of carbonyl (C=O) groups is 3. The van der Waals surface area contributed by atoms with Gasteiger partial charge in [-0.1, -0.05) is 54.1 Å². The Bertz CT molecular complexity index is 1140. The predicted molar refractivity (Wildman–Crippen MR) is 131 cm³/mol. The van der Waals surface area contributed by atoms with Crippen LogP contribution in [0.15, 0.2) is 65.9 Å². The Morgan fingerprint density at radius 1 is 1.12 bits per heavy atom. The van der Waals surface area contributed by atoms with Crippen molar-refractivity contribution in [1.82, 2.24) is 20.4 Å². The molecule has 0 unspecified atom stereocenters. The molecule has 0 fully saturated rings. The second kappa shape index (κ2) is 9.14. The molecule has 178 valence electrons. The van der Waals surface area contributed by atoms with Gasteiger partial charge < -0.3 is 15.5 Å². The average Bonchev–Trinajstić information content (AvgIpc) is 3.12. The van der Waals surface area contributed by atoms with E-state index in [-0.39, 0.29) is 24.4 Å². The molecule has 7 nitrogen and oxygen atoms in total. The maximum absolute atomic E-state index is 13.8. The fourth-order valence-corrected chi connectivity index (χ4v) is 4.51. The minimum atomic E-state index is -0.728. The van der Waals surface area contributed by atoms with Crippen molar-refractivity contribution in [3.8, 4) is 0 Å². The van der Waals surface area contributed by atoms with Crippen molar-refractivity contribution in [2.24, 2.45) is 0 Å². The molecular weight excluding hydrogens is 452 g/mol. The van der Waals surface area contributed by atoms with Crippen molar-refractivity contribution >= 4 is 29.4 Å². The van der Waals surface area contributed by atoms with Gasteiger partial charge in [0, 0.05) is 24.0 Å². The lowest BCUT2D eigenvalue weighted by Crippen LogP contribution is -2.54. The number of amides is 4. The minimum Gasteiger partial charge on any atom is -0.350 e. The number of hydrogen-bond donors (Lipinski definition) is 2. The van der Waals surface area contributed by atoms with Crippen molar-refractivity contribution in [1.29, 1.82) is 0 Å². The molecule has 2 N–H and O–H groups in total. The van der Waals surface area contributed by atoms with E-state index in [0.29, 0.717) is 22.7 Å². The smallest absolute Gasteiger partial charge is 0.322 e. The Labute approximate surface area is 204 Å². The highest BCUT2D eigenvalue weighted by atomic mass is 35.5. The number of nitrogens with one attached hydrogen (secondary N) is 2. The topological polar surface area (TPSA) is 81.8 Å². The summed E-state index contributed by atoms with van der Waals surface area (Å²) in [6.07, 6.45) is 0.367. The highest BCUT2D eigenvalue weighted by Gasteiger charge is 2.46. The van der Waals surface area contributed by atoms with E-state index in [9.17, 15) is 14.4 Å². The van der Waals surface area contributed by atoms with Crippen LogP contribution in [-0.4, -0.2) is 52.8 Å². The van der Waals surface area contributed by atoms with E-state index in [1.165, 1.54) is 4.90 Å². The van der Waals surface area contributed by atoms with Gasteiger partial charge in [0.05, 0.1) is 23.9 Å². The predicted octanol–water partition coefficient (Wildman–Crippen LogP) is 3.66. The van der Waals surface area contributed by atoms with E-state index in [1.807, 2.05) is 51.1 Å². The molecule has 8 heteroatoms. The molecule has 0 aliphatic carbocycles. The summed E-state index contributed by atoms with van der Waals surface area (Å²) in [5.74, 6) is -0.485. The second-order valence-electron chi connectivity index (χ2n) is 9.73.